The average Bonchev–Trinajstić information content (AvgIpc) is 2.94. The van der Waals surface area contributed by atoms with Gasteiger partial charge in [0, 0.05) is 42.9 Å². The lowest BCUT2D eigenvalue weighted by molar-refractivity contribution is 0.0356. The van der Waals surface area contributed by atoms with Crippen LogP contribution in [0.2, 0.25) is 0 Å². The third-order valence-electron chi connectivity index (χ3n) is 7.37. The number of urea groups is 1. The fourth-order valence-corrected chi connectivity index (χ4v) is 4.91. The number of likely N-dealkylation sites (N-methyl/N-ethyl adjacent to an activating group) is 1. The number of benzene rings is 1. The van der Waals surface area contributed by atoms with Gasteiger partial charge in [0.25, 0.3) is 5.91 Å². The minimum atomic E-state index is -0.423. The highest BCUT2D eigenvalue weighted by Crippen LogP contribution is 2.28. The summed E-state index contributed by atoms with van der Waals surface area (Å²) in [4.78, 5) is 34.2. The Hall–Kier alpha value is -3.57. The highest BCUT2D eigenvalue weighted by Gasteiger charge is 2.34. The number of rotatable bonds is 5. The summed E-state index contributed by atoms with van der Waals surface area (Å²) in [5, 5.41) is 12.8. The van der Waals surface area contributed by atoms with E-state index in [-0.39, 0.29) is 36.4 Å². The van der Waals surface area contributed by atoms with Crippen molar-refractivity contribution in [2.75, 3.05) is 32.1 Å². The first-order chi connectivity index (χ1) is 18.4. The number of nitrogens with one attached hydrogen (secondary N) is 1. The van der Waals surface area contributed by atoms with Crippen LogP contribution < -0.4 is 10.1 Å². The molecule has 0 bridgehead atoms. The number of nitrogens with zero attached hydrogens (tertiary/aromatic N) is 3. The molecule has 2 aliphatic rings. The van der Waals surface area contributed by atoms with Gasteiger partial charge in [0.2, 0.25) is 5.88 Å². The Morgan fingerprint density at radius 1 is 1.26 bits per heavy atom. The number of fused-ring (bicyclic) bond motifs is 1. The average molecular weight is 519 g/mol. The number of aliphatic hydroxyl groups excluding tert-OH is 1. The van der Waals surface area contributed by atoms with Crippen LogP contribution in [-0.4, -0.2) is 70.7 Å². The Morgan fingerprint density at radius 3 is 2.71 bits per heavy atom. The summed E-state index contributed by atoms with van der Waals surface area (Å²) in [6.07, 6.45) is 7.13. The van der Waals surface area contributed by atoms with E-state index in [2.05, 4.69) is 22.1 Å². The zero-order valence-electron chi connectivity index (χ0n) is 22.5. The zero-order chi connectivity index (χ0) is 27.1. The number of aromatic nitrogens is 1. The monoisotopic (exact) mass is 518 g/mol. The quantitative estimate of drug-likeness (QED) is 0.573. The van der Waals surface area contributed by atoms with Gasteiger partial charge in [0.15, 0.2) is 0 Å². The van der Waals surface area contributed by atoms with E-state index in [1.165, 1.54) is 19.3 Å². The summed E-state index contributed by atoms with van der Waals surface area (Å²) in [5.74, 6) is 6.82. The van der Waals surface area contributed by atoms with Crippen molar-refractivity contribution in [1.82, 2.24) is 14.8 Å². The van der Waals surface area contributed by atoms with E-state index < -0.39 is 6.10 Å². The molecular weight excluding hydrogens is 480 g/mol. The number of hydrogen-bond donors (Lipinski definition) is 2. The lowest BCUT2D eigenvalue weighted by atomic mass is 9.90. The van der Waals surface area contributed by atoms with Crippen LogP contribution in [0.5, 0.6) is 5.88 Å². The van der Waals surface area contributed by atoms with Crippen molar-refractivity contribution < 1.29 is 19.4 Å². The van der Waals surface area contributed by atoms with Crippen LogP contribution in [0.3, 0.4) is 0 Å². The third-order valence-corrected chi connectivity index (χ3v) is 7.37. The fraction of sp³-hybridized carbons (Fsp3) is 0.500. The SMILES string of the molecule is C[C@H]1CN([C@@H](C)CO)C(=O)c2cc(C#CC3CCCCC3)cnc2O[C@@H]1CN(C)C(=O)Nc1ccccc1. The Kier molecular flexibility index (Phi) is 9.24. The molecule has 1 fully saturated rings. The van der Waals surface area contributed by atoms with E-state index in [0.717, 1.165) is 12.8 Å². The van der Waals surface area contributed by atoms with Gasteiger partial charge >= 0.3 is 6.03 Å². The number of aliphatic hydroxyl groups is 1. The summed E-state index contributed by atoms with van der Waals surface area (Å²) in [6.45, 7) is 4.30. The first-order valence-electron chi connectivity index (χ1n) is 13.5. The number of ether oxygens (including phenoxy) is 1. The molecule has 3 amide bonds. The molecule has 1 aromatic heterocycles. The van der Waals surface area contributed by atoms with Crippen LogP contribution in [0.25, 0.3) is 0 Å². The predicted molar refractivity (Wildman–Crippen MR) is 147 cm³/mol. The number of anilines is 1. The molecule has 1 saturated carbocycles. The van der Waals surface area contributed by atoms with Crippen LogP contribution >= 0.6 is 0 Å². The summed E-state index contributed by atoms with van der Waals surface area (Å²) >= 11 is 0. The smallest absolute Gasteiger partial charge is 0.321 e. The fourth-order valence-electron chi connectivity index (χ4n) is 4.91. The van der Waals surface area contributed by atoms with Crippen LogP contribution in [-0.2, 0) is 0 Å². The molecule has 0 saturated heterocycles. The molecule has 1 aromatic carbocycles. The molecule has 2 heterocycles. The first-order valence-corrected chi connectivity index (χ1v) is 13.5. The number of para-hydroxylation sites is 1. The third kappa shape index (κ3) is 6.84. The second kappa shape index (κ2) is 12.8. The van der Waals surface area contributed by atoms with Crippen molar-refractivity contribution in [2.24, 2.45) is 11.8 Å². The van der Waals surface area contributed by atoms with Gasteiger partial charge in [-0.25, -0.2) is 9.78 Å². The molecule has 1 aliphatic heterocycles. The van der Waals surface area contributed by atoms with Gasteiger partial charge in [-0.15, -0.1) is 0 Å². The zero-order valence-corrected chi connectivity index (χ0v) is 22.5. The molecule has 8 heteroatoms. The minimum Gasteiger partial charge on any atom is -0.472 e. The molecule has 2 N–H and O–H groups in total. The Morgan fingerprint density at radius 2 is 2.00 bits per heavy atom. The van der Waals surface area contributed by atoms with Crippen molar-refractivity contribution >= 4 is 17.6 Å². The molecule has 2 aromatic rings. The molecule has 4 rings (SSSR count). The van der Waals surface area contributed by atoms with E-state index in [9.17, 15) is 14.7 Å². The first kappa shape index (κ1) is 27.5. The number of pyridine rings is 1. The van der Waals surface area contributed by atoms with Crippen LogP contribution in [0.4, 0.5) is 10.5 Å². The van der Waals surface area contributed by atoms with Crippen molar-refractivity contribution in [1.29, 1.82) is 0 Å². The van der Waals surface area contributed by atoms with Gasteiger partial charge in [-0.3, -0.25) is 4.79 Å². The number of hydrogen-bond acceptors (Lipinski definition) is 5. The number of carbonyl (C=O) groups excluding carboxylic acids is 2. The Balaban J connectivity index is 1.57. The van der Waals surface area contributed by atoms with E-state index in [1.54, 1.807) is 29.1 Å². The molecule has 38 heavy (non-hydrogen) atoms. The summed E-state index contributed by atoms with van der Waals surface area (Å²) < 4.78 is 6.31. The highest BCUT2D eigenvalue weighted by molar-refractivity contribution is 5.97. The normalized spacial score (nSPS) is 20.6. The topological polar surface area (TPSA) is 95.0 Å². The maximum absolute atomic E-state index is 13.6. The van der Waals surface area contributed by atoms with E-state index in [1.807, 2.05) is 44.2 Å². The molecular formula is C30H38N4O4. The van der Waals surface area contributed by atoms with Gasteiger partial charge in [-0.05, 0) is 38.0 Å². The van der Waals surface area contributed by atoms with Gasteiger partial charge in [0.1, 0.15) is 11.7 Å². The van der Waals surface area contributed by atoms with Crippen LogP contribution in [0, 0.1) is 23.7 Å². The van der Waals surface area contributed by atoms with Crippen LogP contribution in [0.1, 0.15) is 61.9 Å². The number of carbonyl (C=O) groups is 2. The van der Waals surface area contributed by atoms with E-state index in [0.29, 0.717) is 35.8 Å². The van der Waals surface area contributed by atoms with Gasteiger partial charge in [-0.2, -0.15) is 0 Å². The van der Waals surface area contributed by atoms with Crippen molar-refractivity contribution in [3.8, 4) is 17.7 Å². The molecule has 0 spiro atoms. The second-order valence-electron chi connectivity index (χ2n) is 10.5. The van der Waals surface area contributed by atoms with Crippen molar-refractivity contribution in [2.45, 2.75) is 58.1 Å². The van der Waals surface area contributed by atoms with Crippen molar-refractivity contribution in [3.63, 3.8) is 0 Å². The molecule has 3 atom stereocenters. The Bertz CT molecular complexity index is 1170. The number of amides is 3. The van der Waals surface area contributed by atoms with E-state index >= 15 is 0 Å². The molecule has 8 nitrogen and oxygen atoms in total. The molecule has 0 unspecified atom stereocenters. The highest BCUT2D eigenvalue weighted by atomic mass is 16.5. The van der Waals surface area contributed by atoms with E-state index in [4.69, 9.17) is 4.74 Å². The summed E-state index contributed by atoms with van der Waals surface area (Å²) in [6, 6.07) is 10.4. The van der Waals surface area contributed by atoms with Gasteiger partial charge in [-0.1, -0.05) is 56.2 Å². The van der Waals surface area contributed by atoms with Crippen molar-refractivity contribution in [3.05, 3.63) is 53.7 Å². The second-order valence-corrected chi connectivity index (χ2v) is 10.5. The Labute approximate surface area is 225 Å². The van der Waals surface area contributed by atoms with Crippen LogP contribution in [0.15, 0.2) is 42.6 Å². The standard InChI is InChI=1S/C30H38N4O4/c1-21-18-34(22(2)20-35)29(36)26-16-24(15-14-23-10-6-4-7-11-23)17-31-28(26)38-27(21)19-33(3)30(37)32-25-12-8-5-9-13-25/h5,8-9,12-13,16-17,21-23,27,35H,4,6-7,10-11,18-20H2,1-3H3,(H,32,37)/t21-,22-,27+/m0/s1. The predicted octanol–water partition coefficient (Wildman–Crippen LogP) is 4.40. The lowest BCUT2D eigenvalue weighted by Crippen LogP contribution is -2.50. The summed E-state index contributed by atoms with van der Waals surface area (Å²) in [7, 11) is 1.71. The minimum absolute atomic E-state index is 0.124. The van der Waals surface area contributed by atoms with Gasteiger partial charge < -0.3 is 25.0 Å². The maximum atomic E-state index is 13.6. The van der Waals surface area contributed by atoms with Gasteiger partial charge in [0.05, 0.1) is 19.2 Å². The summed E-state index contributed by atoms with van der Waals surface area (Å²) in [5.41, 5.74) is 1.71. The lowest BCUT2D eigenvalue weighted by Gasteiger charge is -2.37. The molecule has 1 aliphatic carbocycles. The molecule has 202 valence electrons. The molecule has 0 radical (unpaired) electrons. The largest absolute Gasteiger partial charge is 0.472 e. The maximum Gasteiger partial charge on any atom is 0.321 e.